The minimum absolute atomic E-state index is 0.0177. The lowest BCUT2D eigenvalue weighted by molar-refractivity contribution is -0.130. The fourth-order valence-electron chi connectivity index (χ4n) is 5.09. The van der Waals surface area contributed by atoms with Crippen molar-refractivity contribution in [1.82, 2.24) is 9.80 Å². The Morgan fingerprint density at radius 1 is 1.00 bits per heavy atom. The lowest BCUT2D eigenvalue weighted by atomic mass is 9.82. The predicted octanol–water partition coefficient (Wildman–Crippen LogP) is 4.56. The van der Waals surface area contributed by atoms with Gasteiger partial charge >= 0.3 is 6.09 Å². The highest BCUT2D eigenvalue weighted by Crippen LogP contribution is 2.42. The summed E-state index contributed by atoms with van der Waals surface area (Å²) in [4.78, 5) is 16.7. The molecule has 1 saturated carbocycles. The fraction of sp³-hybridized carbons (Fsp3) is 0.708. The summed E-state index contributed by atoms with van der Waals surface area (Å²) in [6.45, 7) is 5.00. The van der Waals surface area contributed by atoms with E-state index in [0.29, 0.717) is 31.8 Å². The SMILES string of the molecule is O=C(OCc1ccccc1)N1CCC(N2CCC[C@@H](COCC3CC(F)(F)C3)C2)CC1. The summed E-state index contributed by atoms with van der Waals surface area (Å²) in [6.07, 6.45) is 3.95. The third-order valence-corrected chi connectivity index (χ3v) is 6.88. The maximum atomic E-state index is 12.9. The van der Waals surface area contributed by atoms with Crippen LogP contribution in [0.1, 0.15) is 44.1 Å². The van der Waals surface area contributed by atoms with Gasteiger partial charge in [0.15, 0.2) is 0 Å². The molecule has 0 radical (unpaired) electrons. The zero-order valence-corrected chi connectivity index (χ0v) is 18.2. The lowest BCUT2D eigenvalue weighted by Gasteiger charge is -2.42. The maximum Gasteiger partial charge on any atom is 0.410 e. The molecular weight excluding hydrogens is 402 g/mol. The molecule has 1 atom stereocenters. The van der Waals surface area contributed by atoms with Crippen molar-refractivity contribution in [3.8, 4) is 0 Å². The van der Waals surface area contributed by atoms with Crippen LogP contribution in [0.5, 0.6) is 0 Å². The molecule has 0 spiro atoms. The third kappa shape index (κ3) is 6.39. The molecule has 2 saturated heterocycles. The second-order valence-corrected chi connectivity index (χ2v) is 9.43. The molecule has 1 aromatic carbocycles. The van der Waals surface area contributed by atoms with Crippen LogP contribution in [-0.4, -0.2) is 67.3 Å². The molecule has 7 heteroatoms. The minimum atomic E-state index is -2.46. The van der Waals surface area contributed by atoms with E-state index in [1.807, 2.05) is 35.2 Å². The topological polar surface area (TPSA) is 42.0 Å². The van der Waals surface area contributed by atoms with Crippen LogP contribution in [0.15, 0.2) is 30.3 Å². The second-order valence-electron chi connectivity index (χ2n) is 9.43. The lowest BCUT2D eigenvalue weighted by Crippen LogP contribution is -2.50. The third-order valence-electron chi connectivity index (χ3n) is 6.88. The van der Waals surface area contributed by atoms with Crippen molar-refractivity contribution in [2.24, 2.45) is 11.8 Å². The molecule has 0 N–H and O–H groups in total. The zero-order valence-electron chi connectivity index (χ0n) is 18.2. The van der Waals surface area contributed by atoms with Crippen molar-refractivity contribution in [3.05, 3.63) is 35.9 Å². The Balaban J connectivity index is 1.13. The predicted molar refractivity (Wildman–Crippen MR) is 114 cm³/mol. The van der Waals surface area contributed by atoms with Gasteiger partial charge in [-0.05, 0) is 49.6 Å². The number of benzene rings is 1. The van der Waals surface area contributed by atoms with Gasteiger partial charge in [-0.3, -0.25) is 4.90 Å². The Kier molecular flexibility index (Phi) is 7.43. The fourth-order valence-corrected chi connectivity index (χ4v) is 5.09. The molecule has 3 fully saturated rings. The van der Waals surface area contributed by atoms with E-state index in [-0.39, 0.29) is 24.9 Å². The van der Waals surface area contributed by atoms with Crippen LogP contribution in [0.2, 0.25) is 0 Å². The normalized spacial score (nSPS) is 25.2. The Labute approximate surface area is 183 Å². The van der Waals surface area contributed by atoms with Crippen molar-refractivity contribution in [1.29, 1.82) is 0 Å². The van der Waals surface area contributed by atoms with Gasteiger partial charge in [0.2, 0.25) is 5.92 Å². The zero-order chi connectivity index (χ0) is 21.7. The van der Waals surface area contributed by atoms with Crippen molar-refractivity contribution in [2.45, 2.75) is 57.1 Å². The van der Waals surface area contributed by atoms with Gasteiger partial charge in [-0.1, -0.05) is 30.3 Å². The van der Waals surface area contributed by atoms with Crippen molar-refractivity contribution >= 4 is 6.09 Å². The Morgan fingerprint density at radius 2 is 1.71 bits per heavy atom. The van der Waals surface area contributed by atoms with Crippen molar-refractivity contribution in [3.63, 3.8) is 0 Å². The minimum Gasteiger partial charge on any atom is -0.445 e. The summed E-state index contributed by atoms with van der Waals surface area (Å²) < 4.78 is 37.1. The summed E-state index contributed by atoms with van der Waals surface area (Å²) in [5.41, 5.74) is 0.998. The number of alkyl halides is 2. The number of rotatable bonds is 7. The van der Waals surface area contributed by atoms with E-state index in [1.54, 1.807) is 0 Å². The summed E-state index contributed by atoms with van der Waals surface area (Å²) in [5.74, 6) is -1.96. The first-order valence-electron chi connectivity index (χ1n) is 11.6. The van der Waals surface area contributed by atoms with Crippen LogP contribution in [0.25, 0.3) is 0 Å². The Bertz CT molecular complexity index is 702. The summed E-state index contributed by atoms with van der Waals surface area (Å²) >= 11 is 0. The van der Waals surface area contributed by atoms with E-state index in [0.717, 1.165) is 57.4 Å². The Morgan fingerprint density at radius 3 is 2.42 bits per heavy atom. The van der Waals surface area contributed by atoms with Gasteiger partial charge in [-0.25, -0.2) is 13.6 Å². The number of ether oxygens (including phenoxy) is 2. The summed E-state index contributed by atoms with van der Waals surface area (Å²) in [6, 6.07) is 10.2. The number of nitrogens with zero attached hydrogens (tertiary/aromatic N) is 2. The largest absolute Gasteiger partial charge is 0.445 e. The molecule has 2 aliphatic heterocycles. The number of carbonyl (C=O) groups excluding carboxylic acids is 1. The van der Waals surface area contributed by atoms with E-state index in [9.17, 15) is 13.6 Å². The van der Waals surface area contributed by atoms with Crippen LogP contribution in [0.3, 0.4) is 0 Å². The first kappa shape index (κ1) is 22.5. The molecule has 5 nitrogen and oxygen atoms in total. The molecule has 1 amide bonds. The number of halogens is 2. The molecule has 172 valence electrons. The van der Waals surface area contributed by atoms with Gasteiger partial charge in [-0.2, -0.15) is 0 Å². The number of likely N-dealkylation sites (tertiary alicyclic amines) is 2. The smallest absolute Gasteiger partial charge is 0.410 e. The molecule has 1 aliphatic carbocycles. The van der Waals surface area contributed by atoms with Gasteiger partial charge in [0.25, 0.3) is 0 Å². The Hall–Kier alpha value is -1.73. The van der Waals surface area contributed by atoms with Gasteiger partial charge in [0, 0.05) is 45.1 Å². The highest BCUT2D eigenvalue weighted by molar-refractivity contribution is 5.67. The first-order valence-corrected chi connectivity index (χ1v) is 11.6. The van der Waals surface area contributed by atoms with Gasteiger partial charge in [0.1, 0.15) is 6.61 Å². The van der Waals surface area contributed by atoms with Crippen LogP contribution >= 0.6 is 0 Å². The highest BCUT2D eigenvalue weighted by atomic mass is 19.3. The summed E-state index contributed by atoms with van der Waals surface area (Å²) in [5, 5.41) is 0. The second kappa shape index (κ2) is 10.3. The standard InChI is InChI=1S/C24H34F2N2O3/c25-24(26)13-21(14-24)17-30-16-20-7-4-10-28(15-20)22-8-11-27(12-9-22)23(29)31-18-19-5-2-1-3-6-19/h1-3,5-6,20-22H,4,7-18H2/t20-/m1/s1. The molecular formula is C24H34F2N2O3. The van der Waals surface area contributed by atoms with E-state index in [2.05, 4.69) is 4.90 Å². The molecule has 2 heterocycles. The highest BCUT2D eigenvalue weighted by Gasteiger charge is 2.45. The monoisotopic (exact) mass is 436 g/mol. The van der Waals surface area contributed by atoms with Crippen LogP contribution in [0, 0.1) is 11.8 Å². The number of hydrogen-bond acceptors (Lipinski definition) is 4. The number of amides is 1. The van der Waals surface area contributed by atoms with Crippen LogP contribution < -0.4 is 0 Å². The molecule has 0 bridgehead atoms. The molecule has 31 heavy (non-hydrogen) atoms. The number of hydrogen-bond donors (Lipinski definition) is 0. The van der Waals surface area contributed by atoms with E-state index in [4.69, 9.17) is 9.47 Å². The first-order chi connectivity index (χ1) is 15.0. The number of piperidine rings is 2. The molecule has 0 aromatic heterocycles. The molecule has 1 aromatic rings. The summed E-state index contributed by atoms with van der Waals surface area (Å²) in [7, 11) is 0. The van der Waals surface area contributed by atoms with Crippen molar-refractivity contribution in [2.75, 3.05) is 39.4 Å². The van der Waals surface area contributed by atoms with Crippen LogP contribution in [-0.2, 0) is 16.1 Å². The van der Waals surface area contributed by atoms with Crippen LogP contribution in [0.4, 0.5) is 13.6 Å². The quantitative estimate of drug-likeness (QED) is 0.628. The molecule has 3 aliphatic rings. The van der Waals surface area contributed by atoms with Gasteiger partial charge < -0.3 is 14.4 Å². The average molecular weight is 437 g/mol. The average Bonchev–Trinajstić information content (AvgIpc) is 2.77. The maximum absolute atomic E-state index is 12.9. The van der Waals surface area contributed by atoms with Gasteiger partial charge in [0.05, 0.1) is 6.61 Å². The van der Waals surface area contributed by atoms with E-state index in [1.165, 1.54) is 0 Å². The van der Waals surface area contributed by atoms with Crippen molar-refractivity contribution < 1.29 is 23.0 Å². The molecule has 0 unspecified atom stereocenters. The van der Waals surface area contributed by atoms with Gasteiger partial charge in [-0.15, -0.1) is 0 Å². The molecule has 4 rings (SSSR count). The number of carbonyl (C=O) groups is 1. The van der Waals surface area contributed by atoms with E-state index < -0.39 is 5.92 Å². The van der Waals surface area contributed by atoms with E-state index >= 15 is 0 Å².